The molecule has 0 fully saturated rings. The van der Waals surface area contributed by atoms with Crippen LogP contribution in [0.4, 0.5) is 5.69 Å². The zero-order chi connectivity index (χ0) is 18.4. The summed E-state index contributed by atoms with van der Waals surface area (Å²) in [4.78, 5) is 16.3. The first-order valence-electron chi connectivity index (χ1n) is 7.92. The molecule has 1 aromatic heterocycles. The normalized spacial score (nSPS) is 10.1. The molecule has 6 nitrogen and oxygen atoms in total. The summed E-state index contributed by atoms with van der Waals surface area (Å²) in [6, 6.07) is 17.5. The molecular weight excluding hydrogens is 332 g/mol. The number of amides is 1. The number of pyridine rings is 1. The molecule has 1 N–H and O–H groups in total. The topological polar surface area (TPSA) is 69.7 Å². The molecule has 0 aliphatic heterocycles. The van der Waals surface area contributed by atoms with Crippen LogP contribution in [0, 0.1) is 0 Å². The second-order valence-corrected chi connectivity index (χ2v) is 5.31. The SMILES string of the molecule is COc1ccc(Oc2cc(NC(=O)c3ccccn3)ccc2OC)cc1. The highest BCUT2D eigenvalue weighted by molar-refractivity contribution is 6.02. The van der Waals surface area contributed by atoms with Crippen molar-refractivity contribution in [2.75, 3.05) is 19.5 Å². The summed E-state index contributed by atoms with van der Waals surface area (Å²) >= 11 is 0. The minimum Gasteiger partial charge on any atom is -0.497 e. The van der Waals surface area contributed by atoms with Gasteiger partial charge in [-0.25, -0.2) is 0 Å². The van der Waals surface area contributed by atoms with Crippen molar-refractivity contribution in [3.05, 3.63) is 72.6 Å². The smallest absolute Gasteiger partial charge is 0.274 e. The van der Waals surface area contributed by atoms with Crippen molar-refractivity contribution in [1.29, 1.82) is 0 Å². The summed E-state index contributed by atoms with van der Waals surface area (Å²) in [5.41, 5.74) is 0.908. The van der Waals surface area contributed by atoms with Crippen LogP contribution in [0.5, 0.6) is 23.0 Å². The van der Waals surface area contributed by atoms with E-state index in [4.69, 9.17) is 14.2 Å². The molecule has 0 radical (unpaired) electrons. The van der Waals surface area contributed by atoms with E-state index in [0.29, 0.717) is 28.6 Å². The van der Waals surface area contributed by atoms with Crippen molar-refractivity contribution in [1.82, 2.24) is 4.98 Å². The maximum atomic E-state index is 12.2. The van der Waals surface area contributed by atoms with Crippen molar-refractivity contribution in [3.8, 4) is 23.0 Å². The highest BCUT2D eigenvalue weighted by Crippen LogP contribution is 2.34. The molecule has 1 heterocycles. The van der Waals surface area contributed by atoms with Crippen LogP contribution in [0.2, 0.25) is 0 Å². The van der Waals surface area contributed by atoms with Crippen LogP contribution >= 0.6 is 0 Å². The molecule has 0 unspecified atom stereocenters. The van der Waals surface area contributed by atoms with Crippen LogP contribution in [0.25, 0.3) is 0 Å². The largest absolute Gasteiger partial charge is 0.497 e. The number of carbonyl (C=O) groups is 1. The number of rotatable bonds is 6. The molecule has 1 amide bonds. The number of anilines is 1. The molecule has 3 aromatic rings. The fourth-order valence-electron chi connectivity index (χ4n) is 2.30. The minimum atomic E-state index is -0.300. The second kappa shape index (κ2) is 8.02. The monoisotopic (exact) mass is 350 g/mol. The molecule has 0 spiro atoms. The lowest BCUT2D eigenvalue weighted by Crippen LogP contribution is -2.13. The summed E-state index contributed by atoms with van der Waals surface area (Å²) in [6.45, 7) is 0. The third-order valence-electron chi connectivity index (χ3n) is 3.61. The van der Waals surface area contributed by atoms with Crippen LogP contribution in [0.1, 0.15) is 10.5 Å². The highest BCUT2D eigenvalue weighted by atomic mass is 16.5. The number of benzene rings is 2. The van der Waals surface area contributed by atoms with Gasteiger partial charge in [0.1, 0.15) is 17.2 Å². The van der Waals surface area contributed by atoms with Crippen molar-refractivity contribution in [3.63, 3.8) is 0 Å². The van der Waals surface area contributed by atoms with Crippen molar-refractivity contribution >= 4 is 11.6 Å². The fraction of sp³-hybridized carbons (Fsp3) is 0.100. The maximum Gasteiger partial charge on any atom is 0.274 e. The second-order valence-electron chi connectivity index (χ2n) is 5.31. The van der Waals surface area contributed by atoms with Gasteiger partial charge >= 0.3 is 0 Å². The number of ether oxygens (including phenoxy) is 3. The number of aromatic nitrogens is 1. The van der Waals surface area contributed by atoms with Gasteiger partial charge in [-0.05, 0) is 48.5 Å². The lowest BCUT2D eigenvalue weighted by molar-refractivity contribution is 0.102. The van der Waals surface area contributed by atoms with Crippen LogP contribution in [-0.4, -0.2) is 25.1 Å². The van der Waals surface area contributed by atoms with Crippen molar-refractivity contribution < 1.29 is 19.0 Å². The Hall–Kier alpha value is -3.54. The molecular formula is C20H18N2O4. The van der Waals surface area contributed by atoms with E-state index in [2.05, 4.69) is 10.3 Å². The molecule has 0 saturated heterocycles. The van der Waals surface area contributed by atoms with E-state index in [-0.39, 0.29) is 5.91 Å². The van der Waals surface area contributed by atoms with Gasteiger partial charge in [-0.15, -0.1) is 0 Å². The Morgan fingerprint density at radius 3 is 2.31 bits per heavy atom. The molecule has 0 atom stereocenters. The Balaban J connectivity index is 1.80. The van der Waals surface area contributed by atoms with Gasteiger partial charge in [0.15, 0.2) is 11.5 Å². The van der Waals surface area contributed by atoms with E-state index in [1.54, 1.807) is 81.1 Å². The van der Waals surface area contributed by atoms with Gasteiger partial charge in [0, 0.05) is 18.0 Å². The first kappa shape index (κ1) is 17.3. The zero-order valence-electron chi connectivity index (χ0n) is 14.4. The molecule has 132 valence electrons. The average molecular weight is 350 g/mol. The van der Waals surface area contributed by atoms with Gasteiger partial charge in [-0.3, -0.25) is 9.78 Å². The predicted octanol–water partition coefficient (Wildman–Crippen LogP) is 4.14. The average Bonchev–Trinajstić information content (AvgIpc) is 2.69. The molecule has 2 aromatic carbocycles. The van der Waals surface area contributed by atoms with Gasteiger partial charge in [0.25, 0.3) is 5.91 Å². The zero-order valence-corrected chi connectivity index (χ0v) is 14.4. The standard InChI is InChI=1S/C20H18N2O4/c1-24-15-7-9-16(10-8-15)26-19-13-14(6-11-18(19)25-2)22-20(23)17-5-3-4-12-21-17/h3-13H,1-2H3,(H,22,23). The van der Waals surface area contributed by atoms with Crippen molar-refractivity contribution in [2.45, 2.75) is 0 Å². The number of carbonyl (C=O) groups excluding carboxylic acids is 1. The van der Waals surface area contributed by atoms with E-state index in [9.17, 15) is 4.79 Å². The van der Waals surface area contributed by atoms with E-state index >= 15 is 0 Å². The number of hydrogen-bond donors (Lipinski definition) is 1. The Morgan fingerprint density at radius 2 is 1.65 bits per heavy atom. The minimum absolute atomic E-state index is 0.300. The summed E-state index contributed by atoms with van der Waals surface area (Å²) in [5, 5.41) is 2.80. The van der Waals surface area contributed by atoms with Gasteiger partial charge in [0.2, 0.25) is 0 Å². The van der Waals surface area contributed by atoms with Crippen LogP contribution in [0.3, 0.4) is 0 Å². The van der Waals surface area contributed by atoms with Crippen LogP contribution in [-0.2, 0) is 0 Å². The first-order valence-corrected chi connectivity index (χ1v) is 7.92. The van der Waals surface area contributed by atoms with E-state index in [1.165, 1.54) is 0 Å². The molecule has 6 heteroatoms. The number of nitrogens with one attached hydrogen (secondary N) is 1. The molecule has 3 rings (SSSR count). The Bertz CT molecular complexity index is 880. The highest BCUT2D eigenvalue weighted by Gasteiger charge is 2.11. The summed E-state index contributed by atoms with van der Waals surface area (Å²) in [7, 11) is 3.16. The van der Waals surface area contributed by atoms with E-state index in [1.807, 2.05) is 0 Å². The molecule has 0 aliphatic rings. The van der Waals surface area contributed by atoms with Crippen LogP contribution < -0.4 is 19.5 Å². The Labute approximate surface area is 151 Å². The van der Waals surface area contributed by atoms with Gasteiger partial charge in [-0.1, -0.05) is 6.07 Å². The van der Waals surface area contributed by atoms with Gasteiger partial charge < -0.3 is 19.5 Å². The predicted molar refractivity (Wildman–Crippen MR) is 98.3 cm³/mol. The first-order chi connectivity index (χ1) is 12.7. The Kier molecular flexibility index (Phi) is 5.34. The van der Waals surface area contributed by atoms with E-state index < -0.39 is 0 Å². The Morgan fingerprint density at radius 1 is 0.885 bits per heavy atom. The third-order valence-corrected chi connectivity index (χ3v) is 3.61. The number of nitrogens with zero attached hydrogens (tertiary/aromatic N) is 1. The van der Waals surface area contributed by atoms with Gasteiger partial charge in [0.05, 0.1) is 14.2 Å². The third kappa shape index (κ3) is 4.10. The molecule has 0 aliphatic carbocycles. The lowest BCUT2D eigenvalue weighted by atomic mass is 10.2. The summed E-state index contributed by atoms with van der Waals surface area (Å²) in [6.07, 6.45) is 1.57. The number of hydrogen-bond acceptors (Lipinski definition) is 5. The summed E-state index contributed by atoms with van der Waals surface area (Å²) < 4.78 is 16.3. The van der Waals surface area contributed by atoms with E-state index in [0.717, 1.165) is 5.75 Å². The van der Waals surface area contributed by atoms with Gasteiger partial charge in [-0.2, -0.15) is 0 Å². The molecule has 26 heavy (non-hydrogen) atoms. The molecule has 0 bridgehead atoms. The quantitative estimate of drug-likeness (QED) is 0.723. The molecule has 0 saturated carbocycles. The summed E-state index contributed by atoms with van der Waals surface area (Å²) in [5.74, 6) is 2.09. The van der Waals surface area contributed by atoms with Crippen molar-refractivity contribution in [2.24, 2.45) is 0 Å². The van der Waals surface area contributed by atoms with Crippen LogP contribution in [0.15, 0.2) is 66.9 Å². The number of methoxy groups -OCH3 is 2. The fourth-order valence-corrected chi connectivity index (χ4v) is 2.30. The maximum absolute atomic E-state index is 12.2. The lowest BCUT2D eigenvalue weighted by Gasteiger charge is -2.13.